The molecule has 2 aromatic heterocycles. The number of aromatic amines is 1. The molecule has 2 aliphatic rings. The Bertz CT molecular complexity index is 836. The van der Waals surface area contributed by atoms with Crippen LogP contribution in [0.1, 0.15) is 11.3 Å². The topological polar surface area (TPSA) is 89.9 Å². The van der Waals surface area contributed by atoms with Crippen LogP contribution in [0.25, 0.3) is 11.6 Å². The van der Waals surface area contributed by atoms with Gasteiger partial charge in [-0.2, -0.15) is 4.98 Å². The van der Waals surface area contributed by atoms with Crippen molar-refractivity contribution in [2.75, 3.05) is 51.3 Å². The number of aliphatic imine (C=N–C) groups is 1. The van der Waals surface area contributed by atoms with Gasteiger partial charge in [-0.1, -0.05) is 0 Å². The van der Waals surface area contributed by atoms with Gasteiger partial charge in [0.25, 0.3) is 0 Å². The van der Waals surface area contributed by atoms with Gasteiger partial charge in [0.1, 0.15) is 5.69 Å². The van der Waals surface area contributed by atoms with Gasteiger partial charge >= 0.3 is 0 Å². The molecule has 8 heteroatoms. The first-order valence-electron chi connectivity index (χ1n) is 8.71. The highest BCUT2D eigenvalue weighted by Crippen LogP contribution is 2.32. The molecule has 8 nitrogen and oxygen atoms in total. The number of hydrogen-bond donors (Lipinski definition) is 2. The Morgan fingerprint density at radius 3 is 2.96 bits per heavy atom. The number of nitrogens with one attached hydrogen (secondary N) is 1. The second-order valence-corrected chi connectivity index (χ2v) is 6.35. The van der Waals surface area contributed by atoms with Gasteiger partial charge in [-0.05, 0) is 18.2 Å². The molecule has 1 saturated heterocycles. The molecule has 2 aliphatic heterocycles. The largest absolute Gasteiger partial charge is 0.492 e. The summed E-state index contributed by atoms with van der Waals surface area (Å²) >= 11 is 0. The molecule has 26 heavy (non-hydrogen) atoms. The van der Waals surface area contributed by atoms with Gasteiger partial charge < -0.3 is 19.7 Å². The lowest BCUT2D eigenvalue weighted by Gasteiger charge is -2.34. The number of ether oxygens (including phenoxy) is 1. The van der Waals surface area contributed by atoms with Crippen molar-refractivity contribution < 1.29 is 9.84 Å². The van der Waals surface area contributed by atoms with E-state index in [2.05, 4.69) is 29.7 Å². The van der Waals surface area contributed by atoms with E-state index in [4.69, 9.17) is 4.74 Å². The maximum Gasteiger partial charge on any atom is 0.238 e. The first-order valence-corrected chi connectivity index (χ1v) is 8.71. The number of piperazine rings is 1. The van der Waals surface area contributed by atoms with Gasteiger partial charge in [0, 0.05) is 63.4 Å². The molecular formula is C18H22N6O2. The molecule has 0 atom stereocenters. The normalized spacial score (nSPS) is 18.7. The molecule has 0 bridgehead atoms. The van der Waals surface area contributed by atoms with Gasteiger partial charge in [0.05, 0.1) is 6.61 Å². The third-order valence-corrected chi connectivity index (χ3v) is 4.71. The van der Waals surface area contributed by atoms with Crippen molar-refractivity contribution >= 4 is 29.6 Å². The van der Waals surface area contributed by atoms with Crippen LogP contribution in [0.15, 0.2) is 23.3 Å². The van der Waals surface area contributed by atoms with Crippen LogP contribution >= 0.6 is 0 Å². The Morgan fingerprint density at radius 2 is 2.15 bits per heavy atom. The predicted octanol–water partition coefficient (Wildman–Crippen LogP) is 1.54. The van der Waals surface area contributed by atoms with E-state index < -0.39 is 0 Å². The van der Waals surface area contributed by atoms with Crippen LogP contribution in [0.2, 0.25) is 0 Å². The summed E-state index contributed by atoms with van der Waals surface area (Å²) in [5, 5.41) is 10.2. The third-order valence-electron chi connectivity index (χ3n) is 4.71. The van der Waals surface area contributed by atoms with E-state index in [1.54, 1.807) is 19.5 Å². The summed E-state index contributed by atoms with van der Waals surface area (Å²) in [7, 11) is 1.72. The number of aromatic hydroxyl groups is 1. The number of methoxy groups -OCH3 is 1. The Morgan fingerprint density at radius 1 is 1.31 bits per heavy atom. The smallest absolute Gasteiger partial charge is 0.238 e. The predicted molar refractivity (Wildman–Crippen MR) is 101 cm³/mol. The minimum atomic E-state index is 0.0000490. The van der Waals surface area contributed by atoms with Crippen molar-refractivity contribution in [1.29, 1.82) is 0 Å². The molecule has 0 aliphatic carbocycles. The zero-order valence-electron chi connectivity index (χ0n) is 14.7. The fraction of sp³-hybridized carbons (Fsp3) is 0.389. The molecular weight excluding hydrogens is 332 g/mol. The lowest BCUT2D eigenvalue weighted by molar-refractivity contribution is 0.144. The van der Waals surface area contributed by atoms with E-state index in [1.807, 2.05) is 18.2 Å². The van der Waals surface area contributed by atoms with Gasteiger partial charge in [-0.15, -0.1) is 0 Å². The standard InChI is InChI=1S/C18H22N6O2/c1-26-10-9-23-5-7-24(8-6-23)18-21-15(17(25)22-18)11-13-12-20-16-14(13)3-2-4-19-16/h2-4,11-12,25H,5-10H2,1H3,(H,21,22)/b13-11+. The maximum absolute atomic E-state index is 10.2. The van der Waals surface area contributed by atoms with Gasteiger partial charge in [0.15, 0.2) is 5.82 Å². The van der Waals surface area contributed by atoms with Crippen LogP contribution in [0.5, 0.6) is 5.88 Å². The SMILES string of the molecule is COCCN1CCN(c2nc(O)c(/C=C3\C=Nc4ncccc43)[nH]2)CC1. The summed E-state index contributed by atoms with van der Waals surface area (Å²) in [5.74, 6) is 1.40. The Labute approximate surface area is 151 Å². The summed E-state index contributed by atoms with van der Waals surface area (Å²) in [4.78, 5) is 20.6. The molecule has 0 unspecified atom stereocenters. The number of aromatic nitrogens is 3. The Kier molecular flexibility index (Phi) is 4.68. The molecule has 2 N–H and O–H groups in total. The van der Waals surface area contributed by atoms with Crippen molar-refractivity contribution in [2.24, 2.45) is 4.99 Å². The van der Waals surface area contributed by atoms with Crippen molar-refractivity contribution in [3.8, 4) is 5.88 Å². The maximum atomic E-state index is 10.2. The van der Waals surface area contributed by atoms with E-state index in [9.17, 15) is 5.11 Å². The van der Waals surface area contributed by atoms with E-state index >= 15 is 0 Å². The number of anilines is 1. The zero-order chi connectivity index (χ0) is 17.9. The minimum Gasteiger partial charge on any atom is -0.492 e. The lowest BCUT2D eigenvalue weighted by Crippen LogP contribution is -2.47. The molecule has 0 saturated carbocycles. The minimum absolute atomic E-state index is 0.0000490. The van der Waals surface area contributed by atoms with Crippen LogP contribution in [0, 0.1) is 0 Å². The fourth-order valence-corrected chi connectivity index (χ4v) is 3.21. The Balaban J connectivity index is 1.48. The van der Waals surface area contributed by atoms with Crippen molar-refractivity contribution in [2.45, 2.75) is 0 Å². The third kappa shape index (κ3) is 3.33. The second-order valence-electron chi connectivity index (χ2n) is 6.35. The number of fused-ring (bicyclic) bond motifs is 1. The summed E-state index contributed by atoms with van der Waals surface area (Å²) in [6, 6.07) is 3.84. The van der Waals surface area contributed by atoms with Gasteiger partial charge in [-0.3, -0.25) is 4.90 Å². The number of imidazole rings is 1. The van der Waals surface area contributed by atoms with Gasteiger partial charge in [-0.25, -0.2) is 9.98 Å². The molecule has 4 heterocycles. The van der Waals surface area contributed by atoms with Gasteiger partial charge in [0.2, 0.25) is 11.8 Å². The molecule has 1 fully saturated rings. The van der Waals surface area contributed by atoms with Crippen molar-refractivity contribution in [3.63, 3.8) is 0 Å². The first kappa shape index (κ1) is 16.7. The average molecular weight is 354 g/mol. The fourth-order valence-electron chi connectivity index (χ4n) is 3.21. The summed E-state index contributed by atoms with van der Waals surface area (Å²) < 4.78 is 5.14. The van der Waals surface area contributed by atoms with Crippen LogP contribution in [0.4, 0.5) is 11.8 Å². The molecule has 0 spiro atoms. The molecule has 136 valence electrons. The highest BCUT2D eigenvalue weighted by atomic mass is 16.5. The molecule has 0 amide bonds. The highest BCUT2D eigenvalue weighted by Gasteiger charge is 2.21. The summed E-state index contributed by atoms with van der Waals surface area (Å²) in [5.41, 5.74) is 2.44. The summed E-state index contributed by atoms with van der Waals surface area (Å²) in [6.07, 6.45) is 5.33. The van der Waals surface area contributed by atoms with Crippen molar-refractivity contribution in [1.82, 2.24) is 19.9 Å². The average Bonchev–Trinajstić information content (AvgIpc) is 3.25. The summed E-state index contributed by atoms with van der Waals surface area (Å²) in [6.45, 7) is 5.32. The second kappa shape index (κ2) is 7.27. The monoisotopic (exact) mass is 354 g/mol. The van der Waals surface area contributed by atoms with E-state index in [0.717, 1.165) is 50.5 Å². The Hall–Kier alpha value is -2.71. The van der Waals surface area contributed by atoms with E-state index in [-0.39, 0.29) is 5.88 Å². The molecule has 0 radical (unpaired) electrons. The lowest BCUT2D eigenvalue weighted by atomic mass is 10.1. The number of allylic oxidation sites excluding steroid dienone is 1. The number of H-pyrrole nitrogens is 1. The van der Waals surface area contributed by atoms with Crippen LogP contribution < -0.4 is 4.90 Å². The van der Waals surface area contributed by atoms with E-state index in [0.29, 0.717) is 17.5 Å². The quantitative estimate of drug-likeness (QED) is 0.846. The van der Waals surface area contributed by atoms with Crippen LogP contribution in [-0.2, 0) is 4.74 Å². The zero-order valence-corrected chi connectivity index (χ0v) is 14.7. The number of rotatable bonds is 5. The molecule has 2 aromatic rings. The van der Waals surface area contributed by atoms with Crippen molar-refractivity contribution in [3.05, 3.63) is 29.6 Å². The highest BCUT2D eigenvalue weighted by molar-refractivity contribution is 6.20. The molecule has 0 aromatic carbocycles. The number of nitrogens with zero attached hydrogens (tertiary/aromatic N) is 5. The number of pyridine rings is 1. The molecule has 4 rings (SSSR count). The van der Waals surface area contributed by atoms with Crippen LogP contribution in [-0.4, -0.2) is 77.6 Å². The first-order chi connectivity index (χ1) is 12.7. The van der Waals surface area contributed by atoms with Crippen LogP contribution in [0.3, 0.4) is 0 Å². The van der Waals surface area contributed by atoms with E-state index in [1.165, 1.54) is 0 Å². The number of hydrogen-bond acceptors (Lipinski definition) is 7.